The van der Waals surface area contributed by atoms with Gasteiger partial charge in [-0.1, -0.05) is 42.0 Å². The average Bonchev–Trinajstić information content (AvgIpc) is 2.94. The van der Waals surface area contributed by atoms with Crippen LogP contribution in [0.4, 0.5) is 5.95 Å². The molecule has 0 atom stereocenters. The van der Waals surface area contributed by atoms with E-state index in [1.54, 1.807) is 29.9 Å². The van der Waals surface area contributed by atoms with Crippen LogP contribution in [0.3, 0.4) is 0 Å². The third kappa shape index (κ3) is 5.49. The van der Waals surface area contributed by atoms with Crippen molar-refractivity contribution in [1.82, 2.24) is 14.9 Å². The quantitative estimate of drug-likeness (QED) is 0.420. The van der Waals surface area contributed by atoms with Crippen molar-refractivity contribution in [2.24, 2.45) is 0 Å². The van der Waals surface area contributed by atoms with Gasteiger partial charge in [-0.3, -0.25) is 14.2 Å². The maximum absolute atomic E-state index is 13.7. The lowest BCUT2D eigenvalue weighted by Gasteiger charge is -2.30. The predicted octanol–water partition coefficient (Wildman–Crippen LogP) is 3.53. The molecule has 8 heteroatoms. The maximum Gasteiger partial charge on any atom is 0.263 e. The third-order valence-corrected chi connectivity index (χ3v) is 6.54. The molecule has 1 saturated heterocycles. The second-order valence-corrected chi connectivity index (χ2v) is 9.15. The summed E-state index contributed by atoms with van der Waals surface area (Å²) in [5.74, 6) is 1.10. The highest BCUT2D eigenvalue weighted by Gasteiger charge is 2.20. The van der Waals surface area contributed by atoms with Crippen molar-refractivity contribution in [2.75, 3.05) is 38.3 Å². The normalized spacial score (nSPS) is 13.5. The molecule has 5 rings (SSSR count). The first kappa shape index (κ1) is 24.5. The summed E-state index contributed by atoms with van der Waals surface area (Å²) >= 11 is 0. The summed E-state index contributed by atoms with van der Waals surface area (Å²) in [4.78, 5) is 33.6. The molecule has 3 aromatic carbocycles. The Bertz CT molecular complexity index is 1470. The van der Waals surface area contributed by atoms with Crippen LogP contribution < -0.4 is 20.5 Å². The fraction of sp³-hybridized carbons (Fsp3) is 0.276. The van der Waals surface area contributed by atoms with E-state index in [1.165, 1.54) is 5.56 Å². The van der Waals surface area contributed by atoms with Crippen molar-refractivity contribution < 1.29 is 14.3 Å². The van der Waals surface area contributed by atoms with E-state index in [2.05, 4.69) is 10.2 Å². The first-order valence-corrected chi connectivity index (χ1v) is 12.4. The van der Waals surface area contributed by atoms with Crippen LogP contribution in [0.15, 0.2) is 71.5 Å². The van der Waals surface area contributed by atoms with E-state index in [4.69, 9.17) is 14.5 Å². The van der Waals surface area contributed by atoms with Gasteiger partial charge in [-0.05, 0) is 48.4 Å². The van der Waals surface area contributed by atoms with Gasteiger partial charge in [-0.25, -0.2) is 4.98 Å². The Hall–Kier alpha value is -4.17. The van der Waals surface area contributed by atoms with E-state index in [-0.39, 0.29) is 11.5 Å². The number of aryl methyl sites for hydroxylation is 1. The number of rotatable bonds is 7. The Morgan fingerprint density at radius 2 is 1.81 bits per heavy atom. The molecule has 0 unspecified atom stereocenters. The summed E-state index contributed by atoms with van der Waals surface area (Å²) in [6.07, 6.45) is 0. The van der Waals surface area contributed by atoms with Crippen LogP contribution in [0.5, 0.6) is 5.75 Å². The van der Waals surface area contributed by atoms with Gasteiger partial charge in [-0.15, -0.1) is 0 Å². The lowest BCUT2D eigenvalue weighted by Crippen LogP contribution is -2.41. The van der Waals surface area contributed by atoms with E-state index in [1.807, 2.05) is 55.5 Å². The van der Waals surface area contributed by atoms with Crippen LogP contribution in [-0.4, -0.2) is 48.9 Å². The fourth-order valence-corrected chi connectivity index (χ4v) is 4.44. The van der Waals surface area contributed by atoms with Gasteiger partial charge in [0.05, 0.1) is 37.8 Å². The van der Waals surface area contributed by atoms with Crippen LogP contribution in [0, 0.1) is 6.92 Å². The number of carbonyl (C=O) groups is 1. The van der Waals surface area contributed by atoms with Gasteiger partial charge in [0, 0.05) is 25.2 Å². The number of amides is 1. The van der Waals surface area contributed by atoms with Gasteiger partial charge < -0.3 is 19.7 Å². The van der Waals surface area contributed by atoms with Gasteiger partial charge >= 0.3 is 0 Å². The second kappa shape index (κ2) is 10.8. The number of benzene rings is 3. The monoisotopic (exact) mass is 498 g/mol. The molecule has 37 heavy (non-hydrogen) atoms. The number of fused-ring (bicyclic) bond motifs is 1. The third-order valence-electron chi connectivity index (χ3n) is 6.54. The Labute approximate surface area is 215 Å². The number of nitrogens with one attached hydrogen (secondary N) is 1. The second-order valence-electron chi connectivity index (χ2n) is 9.15. The zero-order valence-corrected chi connectivity index (χ0v) is 21.1. The first-order valence-electron chi connectivity index (χ1n) is 12.4. The van der Waals surface area contributed by atoms with E-state index >= 15 is 0 Å². The standard InChI is InChI=1S/C29H30N4O4/c1-20-6-8-21(9-7-20)19-33-28(35)25-11-10-23(17-26(25)31-29(33)32-12-14-37-15-13-32)27(34)30-18-22-4-3-5-24(16-22)36-2/h3-11,16-17H,12-15,18-19H2,1-2H3,(H,30,34). The minimum absolute atomic E-state index is 0.129. The van der Waals surface area contributed by atoms with Crippen molar-refractivity contribution in [2.45, 2.75) is 20.0 Å². The summed E-state index contributed by atoms with van der Waals surface area (Å²) in [6.45, 7) is 5.25. The van der Waals surface area contributed by atoms with Gasteiger partial charge in [0.15, 0.2) is 0 Å². The lowest BCUT2D eigenvalue weighted by molar-refractivity contribution is 0.0951. The molecule has 0 saturated carbocycles. The Morgan fingerprint density at radius 3 is 2.57 bits per heavy atom. The van der Waals surface area contributed by atoms with Crippen LogP contribution in [0.1, 0.15) is 27.0 Å². The molecule has 190 valence electrons. The minimum Gasteiger partial charge on any atom is -0.497 e. The summed E-state index contributed by atoms with van der Waals surface area (Å²) in [6, 6.07) is 20.8. The number of aromatic nitrogens is 2. The average molecular weight is 499 g/mol. The molecule has 0 aliphatic carbocycles. The van der Waals surface area contributed by atoms with Crippen LogP contribution in [-0.2, 0) is 17.8 Å². The van der Waals surface area contributed by atoms with E-state index in [0.717, 1.165) is 16.9 Å². The van der Waals surface area contributed by atoms with Gasteiger partial charge in [-0.2, -0.15) is 0 Å². The molecular weight excluding hydrogens is 468 g/mol. The highest BCUT2D eigenvalue weighted by atomic mass is 16.5. The molecule has 1 fully saturated rings. The van der Waals surface area contributed by atoms with Crippen LogP contribution in [0.2, 0.25) is 0 Å². The number of hydrogen-bond donors (Lipinski definition) is 1. The van der Waals surface area contributed by atoms with E-state index < -0.39 is 0 Å². The molecular formula is C29H30N4O4. The number of morpholine rings is 1. The molecule has 1 aliphatic rings. The zero-order chi connectivity index (χ0) is 25.8. The zero-order valence-electron chi connectivity index (χ0n) is 21.1. The molecule has 1 N–H and O–H groups in total. The number of methoxy groups -OCH3 is 1. The van der Waals surface area contributed by atoms with Crippen LogP contribution in [0.25, 0.3) is 10.9 Å². The number of hydrogen-bond acceptors (Lipinski definition) is 6. The van der Waals surface area contributed by atoms with Crippen molar-refractivity contribution in [3.05, 3.63) is 99.3 Å². The summed E-state index contributed by atoms with van der Waals surface area (Å²) in [5.41, 5.74) is 3.94. The molecule has 1 aliphatic heterocycles. The van der Waals surface area contributed by atoms with E-state index in [0.29, 0.717) is 61.8 Å². The fourth-order valence-electron chi connectivity index (χ4n) is 4.44. The number of anilines is 1. The summed E-state index contributed by atoms with van der Waals surface area (Å²) < 4.78 is 12.5. The van der Waals surface area contributed by atoms with Crippen LogP contribution >= 0.6 is 0 Å². The minimum atomic E-state index is -0.233. The molecule has 0 bridgehead atoms. The summed E-state index contributed by atoms with van der Waals surface area (Å²) in [5, 5.41) is 3.42. The van der Waals surface area contributed by atoms with E-state index in [9.17, 15) is 9.59 Å². The molecule has 0 spiro atoms. The highest BCUT2D eigenvalue weighted by molar-refractivity contribution is 5.97. The van der Waals surface area contributed by atoms with Crippen molar-refractivity contribution in [1.29, 1.82) is 0 Å². The lowest BCUT2D eigenvalue weighted by atomic mass is 10.1. The van der Waals surface area contributed by atoms with Crippen molar-refractivity contribution in [3.63, 3.8) is 0 Å². The van der Waals surface area contributed by atoms with Gasteiger partial charge in [0.25, 0.3) is 11.5 Å². The number of carbonyl (C=O) groups excluding carboxylic acids is 1. The molecule has 0 radical (unpaired) electrons. The topological polar surface area (TPSA) is 85.7 Å². The van der Waals surface area contributed by atoms with Gasteiger partial charge in [0.1, 0.15) is 5.75 Å². The molecule has 8 nitrogen and oxygen atoms in total. The highest BCUT2D eigenvalue weighted by Crippen LogP contribution is 2.20. The predicted molar refractivity (Wildman–Crippen MR) is 143 cm³/mol. The Balaban J connectivity index is 1.47. The number of nitrogens with zero attached hydrogens (tertiary/aromatic N) is 3. The Morgan fingerprint density at radius 1 is 1.03 bits per heavy atom. The Kier molecular flexibility index (Phi) is 7.18. The molecule has 4 aromatic rings. The van der Waals surface area contributed by atoms with Crippen molar-refractivity contribution >= 4 is 22.8 Å². The summed E-state index contributed by atoms with van der Waals surface area (Å²) in [7, 11) is 1.61. The smallest absolute Gasteiger partial charge is 0.263 e. The first-order chi connectivity index (χ1) is 18.0. The molecule has 1 amide bonds. The van der Waals surface area contributed by atoms with Crippen molar-refractivity contribution in [3.8, 4) is 5.75 Å². The number of ether oxygens (including phenoxy) is 2. The SMILES string of the molecule is COc1cccc(CNC(=O)c2ccc3c(=O)n(Cc4ccc(C)cc4)c(N4CCOCC4)nc3c2)c1. The molecule has 2 heterocycles. The molecule has 1 aromatic heterocycles. The maximum atomic E-state index is 13.7. The largest absolute Gasteiger partial charge is 0.497 e. The van der Waals surface area contributed by atoms with Gasteiger partial charge in [0.2, 0.25) is 5.95 Å².